The lowest BCUT2D eigenvalue weighted by Gasteiger charge is -2.42. The van der Waals surface area contributed by atoms with Crippen molar-refractivity contribution in [1.29, 1.82) is 0 Å². The van der Waals surface area contributed by atoms with E-state index in [2.05, 4.69) is 97.1 Å². The Morgan fingerprint density at radius 3 is 1.06 bits per heavy atom. The average Bonchev–Trinajstić information content (AvgIpc) is 3.85. The summed E-state index contributed by atoms with van der Waals surface area (Å²) in [6.45, 7) is 1.75. The Labute approximate surface area is 206 Å². The van der Waals surface area contributed by atoms with Crippen LogP contribution in [0.15, 0.2) is 97.1 Å². The summed E-state index contributed by atoms with van der Waals surface area (Å²) in [7, 11) is 0. The summed E-state index contributed by atoms with van der Waals surface area (Å²) < 4.78 is 11.9. The molecule has 4 aromatic carbocycles. The molecule has 35 heavy (non-hydrogen) atoms. The van der Waals surface area contributed by atoms with E-state index in [4.69, 9.17) is 9.47 Å². The van der Waals surface area contributed by atoms with Crippen molar-refractivity contribution in [3.8, 4) is 22.3 Å². The number of benzene rings is 4. The minimum atomic E-state index is -0.103. The fourth-order valence-electron chi connectivity index (χ4n) is 7.46. The summed E-state index contributed by atoms with van der Waals surface area (Å²) in [6.07, 6.45) is 3.74. The third kappa shape index (κ3) is 2.84. The Kier molecular flexibility index (Phi) is 4.10. The van der Waals surface area contributed by atoms with E-state index < -0.39 is 0 Å². The number of hydrogen-bond donors (Lipinski definition) is 0. The summed E-state index contributed by atoms with van der Waals surface area (Å²) in [6, 6.07) is 36.4. The molecule has 2 heteroatoms. The molecule has 8 rings (SSSR count). The van der Waals surface area contributed by atoms with Crippen LogP contribution >= 0.6 is 0 Å². The number of fused-ring (bicyclic) bond motifs is 6. The van der Waals surface area contributed by atoms with Crippen LogP contribution in [0.4, 0.5) is 0 Å². The molecule has 2 fully saturated rings. The van der Waals surface area contributed by atoms with E-state index in [0.717, 1.165) is 32.5 Å². The second-order valence-corrected chi connectivity index (χ2v) is 10.8. The van der Waals surface area contributed by atoms with Gasteiger partial charge in [-0.05, 0) is 63.8 Å². The Hall–Kier alpha value is -3.20. The molecule has 2 aliphatic carbocycles. The predicted molar refractivity (Wildman–Crippen MR) is 139 cm³/mol. The van der Waals surface area contributed by atoms with E-state index in [1.807, 2.05) is 0 Å². The predicted octanol–water partition coefficient (Wildman–Crippen LogP) is 6.89. The SMILES string of the molecule is c1ccc2c(c1)-c1ccccc1C2(CC1CO1)CC1(CC2CO2)c2ccccc2-c2ccccc21. The van der Waals surface area contributed by atoms with E-state index >= 15 is 0 Å². The molecule has 0 amide bonds. The van der Waals surface area contributed by atoms with Crippen LogP contribution in [0.2, 0.25) is 0 Å². The normalized spacial score (nSPS) is 23.2. The van der Waals surface area contributed by atoms with Crippen molar-refractivity contribution in [3.05, 3.63) is 119 Å². The third-order valence-electron chi connectivity index (χ3n) is 8.91. The molecule has 0 saturated carbocycles. The Balaban J connectivity index is 1.41. The first-order valence-electron chi connectivity index (χ1n) is 12.9. The Morgan fingerprint density at radius 2 is 0.771 bits per heavy atom. The molecule has 2 atom stereocenters. The van der Waals surface area contributed by atoms with Gasteiger partial charge in [-0.3, -0.25) is 0 Å². The van der Waals surface area contributed by atoms with Gasteiger partial charge in [0, 0.05) is 10.8 Å². The Morgan fingerprint density at radius 1 is 0.486 bits per heavy atom. The summed E-state index contributed by atoms with van der Waals surface area (Å²) in [5, 5.41) is 0. The minimum Gasteiger partial charge on any atom is -0.373 e. The molecule has 4 aliphatic rings. The van der Waals surface area contributed by atoms with Gasteiger partial charge in [-0.2, -0.15) is 0 Å². The lowest BCUT2D eigenvalue weighted by molar-refractivity contribution is 0.269. The van der Waals surface area contributed by atoms with Gasteiger partial charge < -0.3 is 9.47 Å². The first kappa shape index (κ1) is 20.0. The zero-order chi connectivity index (χ0) is 23.0. The van der Waals surface area contributed by atoms with Gasteiger partial charge in [0.25, 0.3) is 0 Å². The van der Waals surface area contributed by atoms with Crippen LogP contribution in [-0.4, -0.2) is 25.4 Å². The number of hydrogen-bond acceptors (Lipinski definition) is 2. The standard InChI is InChI=1S/C33H28O2/c1-5-13-28-24(9-1)25-10-2-6-14-29(25)32(28,17-22-19-34-22)21-33(18-23-20-35-23)30-15-7-3-11-26(30)27-12-4-8-16-31(27)33/h1-16,22-23H,17-21H2. The minimum absolute atomic E-state index is 0.103. The van der Waals surface area contributed by atoms with Crippen molar-refractivity contribution in [2.45, 2.75) is 42.3 Å². The zero-order valence-electron chi connectivity index (χ0n) is 19.7. The van der Waals surface area contributed by atoms with Crippen LogP contribution in [0.3, 0.4) is 0 Å². The van der Waals surface area contributed by atoms with Crippen LogP contribution in [-0.2, 0) is 20.3 Å². The maximum Gasteiger partial charge on any atom is 0.0821 e. The van der Waals surface area contributed by atoms with Gasteiger partial charge in [0.1, 0.15) is 0 Å². The smallest absolute Gasteiger partial charge is 0.0821 e. The molecule has 4 aromatic rings. The molecular weight excluding hydrogens is 428 g/mol. The second kappa shape index (κ2) is 7.16. The lowest BCUT2D eigenvalue weighted by Crippen LogP contribution is -2.39. The van der Waals surface area contributed by atoms with E-state index in [1.165, 1.54) is 44.5 Å². The molecule has 172 valence electrons. The van der Waals surface area contributed by atoms with Gasteiger partial charge in [-0.25, -0.2) is 0 Å². The summed E-state index contributed by atoms with van der Waals surface area (Å²) in [5.74, 6) is 0. The monoisotopic (exact) mass is 456 g/mol. The van der Waals surface area contributed by atoms with Crippen LogP contribution < -0.4 is 0 Å². The first-order valence-corrected chi connectivity index (χ1v) is 12.9. The van der Waals surface area contributed by atoms with Gasteiger partial charge in [-0.1, -0.05) is 97.1 Å². The number of ether oxygens (including phenoxy) is 2. The molecule has 2 aliphatic heterocycles. The van der Waals surface area contributed by atoms with Crippen LogP contribution in [0.1, 0.15) is 41.5 Å². The van der Waals surface area contributed by atoms with Crippen LogP contribution in [0, 0.1) is 0 Å². The summed E-state index contributed by atoms with van der Waals surface area (Å²) in [4.78, 5) is 0. The number of epoxide rings is 2. The van der Waals surface area contributed by atoms with Crippen molar-refractivity contribution in [3.63, 3.8) is 0 Å². The van der Waals surface area contributed by atoms with Crippen LogP contribution in [0.25, 0.3) is 22.3 Å². The highest BCUT2D eigenvalue weighted by atomic mass is 16.6. The van der Waals surface area contributed by atoms with Crippen molar-refractivity contribution in [2.24, 2.45) is 0 Å². The van der Waals surface area contributed by atoms with E-state index in [0.29, 0.717) is 12.2 Å². The summed E-state index contributed by atoms with van der Waals surface area (Å²) >= 11 is 0. The highest BCUT2D eigenvalue weighted by molar-refractivity contribution is 5.84. The van der Waals surface area contributed by atoms with Gasteiger partial charge in [0.2, 0.25) is 0 Å². The largest absolute Gasteiger partial charge is 0.373 e. The lowest BCUT2D eigenvalue weighted by atomic mass is 9.59. The highest BCUT2D eigenvalue weighted by Crippen LogP contribution is 2.63. The van der Waals surface area contributed by atoms with Crippen molar-refractivity contribution >= 4 is 0 Å². The zero-order valence-corrected chi connectivity index (χ0v) is 19.7. The number of rotatable bonds is 6. The van der Waals surface area contributed by atoms with E-state index in [1.54, 1.807) is 0 Å². The molecule has 2 nitrogen and oxygen atoms in total. The molecular formula is C33H28O2. The van der Waals surface area contributed by atoms with Gasteiger partial charge in [0.05, 0.1) is 25.4 Å². The molecule has 0 radical (unpaired) electrons. The molecule has 2 unspecified atom stereocenters. The maximum absolute atomic E-state index is 5.93. The van der Waals surface area contributed by atoms with Crippen molar-refractivity contribution < 1.29 is 9.47 Å². The van der Waals surface area contributed by atoms with Gasteiger partial charge in [0.15, 0.2) is 0 Å². The topological polar surface area (TPSA) is 25.1 Å². The third-order valence-corrected chi connectivity index (χ3v) is 8.91. The molecule has 2 saturated heterocycles. The van der Waals surface area contributed by atoms with Gasteiger partial charge in [-0.15, -0.1) is 0 Å². The first-order chi connectivity index (χ1) is 17.3. The van der Waals surface area contributed by atoms with Crippen LogP contribution in [0.5, 0.6) is 0 Å². The molecule has 0 bridgehead atoms. The maximum atomic E-state index is 5.93. The van der Waals surface area contributed by atoms with Crippen molar-refractivity contribution in [2.75, 3.05) is 13.2 Å². The molecule has 0 spiro atoms. The average molecular weight is 457 g/mol. The summed E-state index contributed by atoms with van der Waals surface area (Å²) in [5.41, 5.74) is 11.2. The molecule has 0 aromatic heterocycles. The molecule has 2 heterocycles. The fraction of sp³-hybridized carbons (Fsp3) is 0.273. The van der Waals surface area contributed by atoms with Crippen molar-refractivity contribution in [1.82, 2.24) is 0 Å². The van der Waals surface area contributed by atoms with Gasteiger partial charge >= 0.3 is 0 Å². The second-order valence-electron chi connectivity index (χ2n) is 10.8. The van der Waals surface area contributed by atoms with E-state index in [-0.39, 0.29) is 10.8 Å². The quantitative estimate of drug-likeness (QED) is 0.295. The molecule has 0 N–H and O–H groups in total. The van der Waals surface area contributed by atoms with E-state index in [9.17, 15) is 0 Å². The Bertz CT molecular complexity index is 1260. The fourth-order valence-corrected chi connectivity index (χ4v) is 7.46. The highest BCUT2D eigenvalue weighted by Gasteiger charge is 2.55.